The minimum Gasteiger partial charge on any atom is -0.393 e. The van der Waals surface area contributed by atoms with Gasteiger partial charge < -0.3 is 5.11 Å². The van der Waals surface area contributed by atoms with Gasteiger partial charge >= 0.3 is 0 Å². The van der Waals surface area contributed by atoms with E-state index in [0.717, 1.165) is 19.3 Å². The smallest absolute Gasteiger partial charge is 0.0576 e. The van der Waals surface area contributed by atoms with E-state index in [1.54, 1.807) is 0 Å². The molecule has 100 valence electrons. The van der Waals surface area contributed by atoms with Crippen molar-refractivity contribution in [3.8, 4) is 0 Å². The number of aromatic nitrogens is 1. The van der Waals surface area contributed by atoms with Crippen LogP contribution in [-0.4, -0.2) is 16.2 Å². The Bertz CT molecular complexity index is 374. The van der Waals surface area contributed by atoms with Crippen LogP contribution >= 0.6 is 0 Å². The summed E-state index contributed by atoms with van der Waals surface area (Å²) in [4.78, 5) is 4.06. The lowest BCUT2D eigenvalue weighted by molar-refractivity contribution is -0.0125. The molecule has 1 aromatic heterocycles. The average molecular weight is 247 g/mol. The largest absolute Gasteiger partial charge is 0.393 e. The van der Waals surface area contributed by atoms with Gasteiger partial charge in [-0.1, -0.05) is 27.2 Å². The number of hydrogen-bond acceptors (Lipinski definition) is 2. The van der Waals surface area contributed by atoms with Gasteiger partial charge in [0.25, 0.3) is 0 Å². The zero-order valence-electron chi connectivity index (χ0n) is 11.8. The van der Waals surface area contributed by atoms with Gasteiger partial charge in [-0.05, 0) is 54.2 Å². The van der Waals surface area contributed by atoms with Crippen molar-refractivity contribution in [2.75, 3.05) is 0 Å². The topological polar surface area (TPSA) is 33.1 Å². The van der Waals surface area contributed by atoms with Crippen LogP contribution in [0.25, 0.3) is 0 Å². The number of aliphatic hydroxyl groups is 1. The molecule has 0 aliphatic heterocycles. The Hall–Kier alpha value is -0.890. The summed E-state index contributed by atoms with van der Waals surface area (Å²) in [5, 5.41) is 10.3. The number of pyridine rings is 1. The molecule has 3 atom stereocenters. The van der Waals surface area contributed by atoms with E-state index in [0.29, 0.717) is 11.8 Å². The van der Waals surface area contributed by atoms with Gasteiger partial charge in [0.15, 0.2) is 0 Å². The lowest BCUT2D eigenvalue weighted by Gasteiger charge is -2.42. The van der Waals surface area contributed by atoms with E-state index in [9.17, 15) is 5.11 Å². The maximum absolute atomic E-state index is 10.3. The Morgan fingerprint density at radius 2 is 1.94 bits per heavy atom. The lowest BCUT2D eigenvalue weighted by Crippen LogP contribution is -2.39. The molecule has 1 N–H and O–H groups in total. The first-order chi connectivity index (χ1) is 8.49. The van der Waals surface area contributed by atoms with Gasteiger partial charge in [0.1, 0.15) is 0 Å². The van der Waals surface area contributed by atoms with Crippen LogP contribution in [0.3, 0.4) is 0 Å². The second kappa shape index (κ2) is 5.40. The highest BCUT2D eigenvalue weighted by Crippen LogP contribution is 2.42. The highest BCUT2D eigenvalue weighted by molar-refractivity contribution is 5.12. The summed E-state index contributed by atoms with van der Waals surface area (Å²) in [6, 6.07) is 4.17. The third-order valence-corrected chi connectivity index (χ3v) is 4.49. The molecule has 1 heterocycles. The van der Waals surface area contributed by atoms with E-state index in [4.69, 9.17) is 0 Å². The van der Waals surface area contributed by atoms with Crippen LogP contribution in [0.1, 0.15) is 45.6 Å². The van der Waals surface area contributed by atoms with Gasteiger partial charge in [-0.3, -0.25) is 4.98 Å². The van der Waals surface area contributed by atoms with Crippen LogP contribution in [0.2, 0.25) is 0 Å². The van der Waals surface area contributed by atoms with Crippen molar-refractivity contribution in [2.45, 2.75) is 52.6 Å². The number of hydrogen-bond donors (Lipinski definition) is 1. The Kier molecular flexibility index (Phi) is 4.06. The Morgan fingerprint density at radius 1 is 1.28 bits per heavy atom. The standard InChI is InChI=1S/C16H25NO/c1-12-4-5-14(15(18)10-12)16(2,3)11-13-6-8-17-9-7-13/h6-9,12,14-15,18H,4-5,10-11H2,1-3H3. The molecule has 0 spiro atoms. The van der Waals surface area contributed by atoms with Crippen LogP contribution in [0.4, 0.5) is 0 Å². The van der Waals surface area contributed by atoms with E-state index in [1.165, 1.54) is 12.0 Å². The highest BCUT2D eigenvalue weighted by atomic mass is 16.3. The van der Waals surface area contributed by atoms with Gasteiger partial charge in [-0.25, -0.2) is 0 Å². The first-order valence-electron chi connectivity index (χ1n) is 7.06. The molecule has 1 aliphatic rings. The van der Waals surface area contributed by atoms with Crippen LogP contribution in [0, 0.1) is 17.3 Å². The zero-order valence-corrected chi connectivity index (χ0v) is 11.8. The van der Waals surface area contributed by atoms with Gasteiger partial charge in [0, 0.05) is 12.4 Å². The molecule has 1 fully saturated rings. The SMILES string of the molecule is CC1CCC(C(C)(C)Cc2ccncc2)C(O)C1. The highest BCUT2D eigenvalue weighted by Gasteiger charge is 2.38. The Balaban J connectivity index is 2.06. The maximum Gasteiger partial charge on any atom is 0.0576 e. The van der Waals surface area contributed by atoms with Crippen molar-refractivity contribution < 1.29 is 5.11 Å². The number of rotatable bonds is 3. The first kappa shape index (κ1) is 13.5. The molecule has 0 radical (unpaired) electrons. The third-order valence-electron chi connectivity index (χ3n) is 4.49. The van der Waals surface area contributed by atoms with Crippen LogP contribution in [0.15, 0.2) is 24.5 Å². The van der Waals surface area contributed by atoms with Crippen LogP contribution in [0.5, 0.6) is 0 Å². The summed E-state index contributed by atoms with van der Waals surface area (Å²) in [6.07, 6.45) is 7.96. The fourth-order valence-corrected chi connectivity index (χ4v) is 3.42. The zero-order chi connectivity index (χ0) is 13.2. The monoisotopic (exact) mass is 247 g/mol. The minimum absolute atomic E-state index is 0.134. The second-order valence-electron chi connectivity index (χ2n) is 6.61. The molecule has 0 aromatic carbocycles. The average Bonchev–Trinajstić information content (AvgIpc) is 2.29. The molecular weight excluding hydrogens is 222 g/mol. The van der Waals surface area contributed by atoms with Gasteiger partial charge in [-0.2, -0.15) is 0 Å². The van der Waals surface area contributed by atoms with Gasteiger partial charge in [0.2, 0.25) is 0 Å². The molecule has 2 heteroatoms. The second-order valence-corrected chi connectivity index (χ2v) is 6.61. The summed E-state index contributed by atoms with van der Waals surface area (Å²) in [5.41, 5.74) is 1.47. The van der Waals surface area contributed by atoms with Crippen molar-refractivity contribution in [3.63, 3.8) is 0 Å². The van der Waals surface area contributed by atoms with E-state index < -0.39 is 0 Å². The minimum atomic E-state index is -0.134. The summed E-state index contributed by atoms with van der Waals surface area (Å²) in [6.45, 7) is 6.82. The molecule has 1 saturated carbocycles. The molecule has 3 unspecified atom stereocenters. The fourth-order valence-electron chi connectivity index (χ4n) is 3.42. The molecule has 1 aliphatic carbocycles. The maximum atomic E-state index is 10.3. The number of nitrogens with zero attached hydrogens (tertiary/aromatic N) is 1. The normalized spacial score (nSPS) is 29.2. The van der Waals surface area contributed by atoms with Gasteiger partial charge in [-0.15, -0.1) is 0 Å². The van der Waals surface area contributed by atoms with Crippen molar-refractivity contribution in [1.82, 2.24) is 4.98 Å². The summed E-state index contributed by atoms with van der Waals surface area (Å²) in [7, 11) is 0. The van der Waals surface area contributed by atoms with E-state index in [1.807, 2.05) is 12.4 Å². The Morgan fingerprint density at radius 3 is 2.56 bits per heavy atom. The predicted molar refractivity (Wildman–Crippen MR) is 74.2 cm³/mol. The fraction of sp³-hybridized carbons (Fsp3) is 0.688. The van der Waals surface area contributed by atoms with Gasteiger partial charge in [0.05, 0.1) is 6.10 Å². The van der Waals surface area contributed by atoms with Crippen molar-refractivity contribution in [2.24, 2.45) is 17.3 Å². The van der Waals surface area contributed by atoms with Crippen molar-refractivity contribution >= 4 is 0 Å². The van der Waals surface area contributed by atoms with Crippen molar-refractivity contribution in [3.05, 3.63) is 30.1 Å². The van der Waals surface area contributed by atoms with Crippen LogP contribution < -0.4 is 0 Å². The van der Waals surface area contributed by atoms with E-state index in [2.05, 4.69) is 37.9 Å². The summed E-state index contributed by atoms with van der Waals surface area (Å²) in [5.74, 6) is 1.09. The molecule has 18 heavy (non-hydrogen) atoms. The first-order valence-corrected chi connectivity index (χ1v) is 7.06. The molecular formula is C16H25NO. The lowest BCUT2D eigenvalue weighted by atomic mass is 9.65. The Labute approximate surface area is 110 Å². The number of aliphatic hydroxyl groups excluding tert-OH is 1. The van der Waals surface area contributed by atoms with Crippen LogP contribution in [-0.2, 0) is 6.42 Å². The molecule has 1 aromatic rings. The molecule has 0 saturated heterocycles. The molecule has 0 bridgehead atoms. The molecule has 2 nitrogen and oxygen atoms in total. The summed E-state index contributed by atoms with van der Waals surface area (Å²) < 4.78 is 0. The van der Waals surface area contributed by atoms with Crippen molar-refractivity contribution in [1.29, 1.82) is 0 Å². The van der Waals surface area contributed by atoms with E-state index >= 15 is 0 Å². The molecule has 0 amide bonds. The molecule has 2 rings (SSSR count). The predicted octanol–water partition coefficient (Wildman–Crippen LogP) is 3.45. The third kappa shape index (κ3) is 3.11. The quantitative estimate of drug-likeness (QED) is 0.887. The van der Waals surface area contributed by atoms with E-state index in [-0.39, 0.29) is 11.5 Å². The summed E-state index contributed by atoms with van der Waals surface area (Å²) >= 11 is 0.